The lowest BCUT2D eigenvalue weighted by Crippen LogP contribution is -2.12. The highest BCUT2D eigenvalue weighted by Gasteiger charge is 2.12. The molecule has 2 aromatic carbocycles. The van der Waals surface area contributed by atoms with Crippen molar-refractivity contribution in [3.63, 3.8) is 0 Å². The Bertz CT molecular complexity index is 661. The number of halogens is 2. The maximum absolute atomic E-state index is 13.5. The van der Waals surface area contributed by atoms with Crippen LogP contribution in [0.3, 0.4) is 0 Å². The van der Waals surface area contributed by atoms with Crippen molar-refractivity contribution < 1.29 is 19.0 Å². The second-order valence-corrected chi connectivity index (χ2v) is 4.88. The smallest absolute Gasteiger partial charge is 0.259 e. The average molecular weight is 340 g/mol. The summed E-state index contributed by atoms with van der Waals surface area (Å²) in [6.07, 6.45) is 0. The molecule has 0 saturated heterocycles. The van der Waals surface area contributed by atoms with Gasteiger partial charge in [0, 0.05) is 16.2 Å². The second-order valence-electron chi connectivity index (χ2n) is 3.96. The first-order valence-electron chi connectivity index (χ1n) is 5.64. The van der Waals surface area contributed by atoms with Gasteiger partial charge in [0.2, 0.25) is 0 Å². The summed E-state index contributed by atoms with van der Waals surface area (Å²) in [6.45, 7) is 0. The number of hydrogen-bond donors (Lipinski definition) is 2. The van der Waals surface area contributed by atoms with Gasteiger partial charge in [-0.2, -0.15) is 0 Å². The van der Waals surface area contributed by atoms with Gasteiger partial charge in [0.15, 0.2) is 11.6 Å². The first-order chi connectivity index (χ1) is 9.51. The standard InChI is InChI=1S/C14H11BrFNO3/c1-20-13-5-3-9(7-11(13)16)17-14(19)10-4-2-8(15)6-12(10)18/h2-7,18H,1H3,(H,17,19). The molecule has 2 rings (SSSR count). The fraction of sp³-hybridized carbons (Fsp3) is 0.0714. The summed E-state index contributed by atoms with van der Waals surface area (Å²) in [6, 6.07) is 8.57. The van der Waals surface area contributed by atoms with Crippen LogP contribution in [0.15, 0.2) is 40.9 Å². The van der Waals surface area contributed by atoms with Crippen molar-refractivity contribution in [1.29, 1.82) is 0 Å². The molecule has 0 unspecified atom stereocenters. The van der Waals surface area contributed by atoms with E-state index in [9.17, 15) is 14.3 Å². The molecule has 0 aromatic heterocycles. The molecular weight excluding hydrogens is 329 g/mol. The Morgan fingerprint density at radius 1 is 1.30 bits per heavy atom. The SMILES string of the molecule is COc1ccc(NC(=O)c2ccc(Br)cc2O)cc1F. The summed E-state index contributed by atoms with van der Waals surface area (Å²) in [4.78, 5) is 12.0. The zero-order valence-corrected chi connectivity index (χ0v) is 12.1. The summed E-state index contributed by atoms with van der Waals surface area (Å²) in [7, 11) is 1.36. The van der Waals surface area contributed by atoms with Crippen molar-refractivity contribution in [1.82, 2.24) is 0 Å². The summed E-state index contributed by atoms with van der Waals surface area (Å²) < 4.78 is 18.9. The molecule has 0 aliphatic heterocycles. The van der Waals surface area contributed by atoms with E-state index in [1.54, 1.807) is 6.07 Å². The lowest BCUT2D eigenvalue weighted by molar-refractivity contribution is 0.102. The van der Waals surface area contributed by atoms with Crippen molar-refractivity contribution >= 4 is 27.5 Å². The number of carbonyl (C=O) groups is 1. The monoisotopic (exact) mass is 339 g/mol. The summed E-state index contributed by atoms with van der Waals surface area (Å²) in [5.74, 6) is -1.18. The van der Waals surface area contributed by atoms with E-state index in [1.807, 2.05) is 0 Å². The highest BCUT2D eigenvalue weighted by atomic mass is 79.9. The number of phenolic OH excluding ortho intramolecular Hbond substituents is 1. The topological polar surface area (TPSA) is 58.6 Å². The molecule has 1 amide bonds. The number of nitrogens with one attached hydrogen (secondary N) is 1. The van der Waals surface area contributed by atoms with Gasteiger partial charge < -0.3 is 15.2 Å². The Morgan fingerprint density at radius 3 is 2.65 bits per heavy atom. The number of aromatic hydroxyl groups is 1. The molecule has 0 bridgehead atoms. The van der Waals surface area contributed by atoms with Gasteiger partial charge in [-0.15, -0.1) is 0 Å². The van der Waals surface area contributed by atoms with E-state index in [-0.39, 0.29) is 22.7 Å². The Hall–Kier alpha value is -2.08. The number of carbonyl (C=O) groups excluding carboxylic acids is 1. The molecule has 0 spiro atoms. The third-order valence-electron chi connectivity index (χ3n) is 2.61. The maximum atomic E-state index is 13.5. The Morgan fingerprint density at radius 2 is 2.05 bits per heavy atom. The lowest BCUT2D eigenvalue weighted by atomic mass is 10.2. The molecule has 0 aliphatic rings. The zero-order valence-electron chi connectivity index (χ0n) is 10.5. The average Bonchev–Trinajstić information content (AvgIpc) is 2.38. The molecule has 104 valence electrons. The van der Waals surface area contributed by atoms with Crippen LogP contribution in [0.4, 0.5) is 10.1 Å². The van der Waals surface area contributed by atoms with E-state index in [4.69, 9.17) is 4.74 Å². The lowest BCUT2D eigenvalue weighted by Gasteiger charge is -2.08. The Balaban J connectivity index is 2.21. The van der Waals surface area contributed by atoms with Crippen molar-refractivity contribution in [3.05, 3.63) is 52.3 Å². The molecule has 2 aromatic rings. The predicted molar refractivity (Wildman–Crippen MR) is 76.7 cm³/mol. The van der Waals surface area contributed by atoms with Gasteiger partial charge in [-0.25, -0.2) is 4.39 Å². The zero-order chi connectivity index (χ0) is 14.7. The first-order valence-corrected chi connectivity index (χ1v) is 6.44. The largest absolute Gasteiger partial charge is 0.507 e. The summed E-state index contributed by atoms with van der Waals surface area (Å²) >= 11 is 3.18. The number of methoxy groups -OCH3 is 1. The fourth-order valence-corrected chi connectivity index (χ4v) is 1.99. The highest BCUT2D eigenvalue weighted by molar-refractivity contribution is 9.10. The Labute approximate surface area is 123 Å². The van der Waals surface area contributed by atoms with Gasteiger partial charge in [-0.3, -0.25) is 4.79 Å². The van der Waals surface area contributed by atoms with Crippen molar-refractivity contribution in [2.45, 2.75) is 0 Å². The van der Waals surface area contributed by atoms with E-state index in [2.05, 4.69) is 21.2 Å². The van der Waals surface area contributed by atoms with Gasteiger partial charge >= 0.3 is 0 Å². The number of anilines is 1. The van der Waals surface area contributed by atoms with Gasteiger partial charge in [-0.05, 0) is 30.3 Å². The van der Waals surface area contributed by atoms with Crippen molar-refractivity contribution in [2.75, 3.05) is 12.4 Å². The molecule has 0 radical (unpaired) electrons. The minimum absolute atomic E-state index is 0.0921. The molecule has 0 saturated carbocycles. The first kappa shape index (κ1) is 14.3. The third kappa shape index (κ3) is 3.08. The van der Waals surface area contributed by atoms with Crippen molar-refractivity contribution in [2.24, 2.45) is 0 Å². The van der Waals surface area contributed by atoms with Gasteiger partial charge in [0.1, 0.15) is 5.75 Å². The van der Waals surface area contributed by atoms with Crippen LogP contribution in [0.5, 0.6) is 11.5 Å². The van der Waals surface area contributed by atoms with Crippen LogP contribution < -0.4 is 10.1 Å². The van der Waals surface area contributed by atoms with Gasteiger partial charge in [0.25, 0.3) is 5.91 Å². The van der Waals surface area contributed by atoms with Crippen LogP contribution in [0, 0.1) is 5.82 Å². The molecule has 2 N–H and O–H groups in total. The van der Waals surface area contributed by atoms with Crippen LogP contribution in [0.2, 0.25) is 0 Å². The van der Waals surface area contributed by atoms with Gasteiger partial charge in [0.05, 0.1) is 12.7 Å². The number of rotatable bonds is 3. The summed E-state index contributed by atoms with van der Waals surface area (Å²) in [5, 5.41) is 12.2. The molecule has 4 nitrogen and oxygen atoms in total. The predicted octanol–water partition coefficient (Wildman–Crippen LogP) is 3.55. The van der Waals surface area contributed by atoms with Crippen LogP contribution in [0.1, 0.15) is 10.4 Å². The maximum Gasteiger partial charge on any atom is 0.259 e. The molecular formula is C14H11BrFNO3. The highest BCUT2D eigenvalue weighted by Crippen LogP contribution is 2.25. The van der Waals surface area contributed by atoms with E-state index in [0.717, 1.165) is 6.07 Å². The molecule has 0 fully saturated rings. The molecule has 0 heterocycles. The van der Waals surface area contributed by atoms with Crippen LogP contribution in [0.25, 0.3) is 0 Å². The minimum Gasteiger partial charge on any atom is -0.507 e. The fourth-order valence-electron chi connectivity index (χ4n) is 1.64. The quantitative estimate of drug-likeness (QED) is 0.898. The van der Waals surface area contributed by atoms with E-state index < -0.39 is 11.7 Å². The molecule has 0 aliphatic carbocycles. The minimum atomic E-state index is -0.578. The van der Waals surface area contributed by atoms with Crippen LogP contribution >= 0.6 is 15.9 Å². The second kappa shape index (κ2) is 5.92. The number of ether oxygens (including phenoxy) is 1. The molecule has 6 heteroatoms. The molecule has 0 atom stereocenters. The van der Waals surface area contributed by atoms with Crippen LogP contribution in [-0.4, -0.2) is 18.1 Å². The van der Waals surface area contributed by atoms with Gasteiger partial charge in [-0.1, -0.05) is 15.9 Å². The number of benzene rings is 2. The van der Waals surface area contributed by atoms with E-state index in [0.29, 0.717) is 4.47 Å². The van der Waals surface area contributed by atoms with E-state index in [1.165, 1.54) is 31.4 Å². The number of hydrogen-bond acceptors (Lipinski definition) is 3. The third-order valence-corrected chi connectivity index (χ3v) is 3.11. The molecule has 20 heavy (non-hydrogen) atoms. The number of phenols is 1. The summed E-state index contributed by atoms with van der Waals surface area (Å²) in [5.41, 5.74) is 0.375. The Kier molecular flexibility index (Phi) is 4.24. The van der Waals surface area contributed by atoms with Crippen molar-refractivity contribution in [3.8, 4) is 11.5 Å². The normalized spacial score (nSPS) is 10.2. The number of amides is 1. The van der Waals surface area contributed by atoms with E-state index >= 15 is 0 Å². The van der Waals surface area contributed by atoms with Crippen LogP contribution in [-0.2, 0) is 0 Å².